The summed E-state index contributed by atoms with van der Waals surface area (Å²) in [6.45, 7) is 3.75. The quantitative estimate of drug-likeness (QED) is 0.885. The molecule has 5 nitrogen and oxygen atoms in total. The molecule has 6 heteroatoms. The van der Waals surface area contributed by atoms with Crippen molar-refractivity contribution in [2.24, 2.45) is 0 Å². The average Bonchev–Trinajstić information content (AvgIpc) is 2.49. The third-order valence-corrected chi connectivity index (χ3v) is 3.32. The van der Waals surface area contributed by atoms with Gasteiger partial charge in [-0.3, -0.25) is 4.79 Å². The summed E-state index contributed by atoms with van der Waals surface area (Å²) in [5, 5.41) is 6.39. The molecule has 1 aromatic carbocycles. The van der Waals surface area contributed by atoms with Gasteiger partial charge in [-0.15, -0.1) is 0 Å². The van der Waals surface area contributed by atoms with E-state index < -0.39 is 6.04 Å². The molecule has 1 amide bonds. The second-order valence-electron chi connectivity index (χ2n) is 4.92. The molecule has 0 fully saturated rings. The molecule has 0 spiro atoms. The summed E-state index contributed by atoms with van der Waals surface area (Å²) in [5.74, 6) is 0.951. The van der Waals surface area contributed by atoms with Crippen LogP contribution in [-0.4, -0.2) is 24.0 Å². The number of rotatable bonds is 5. The Hall–Kier alpha value is -2.27. The fourth-order valence-corrected chi connectivity index (χ4v) is 2.03. The van der Waals surface area contributed by atoms with Crippen molar-refractivity contribution >= 4 is 29.0 Å². The van der Waals surface area contributed by atoms with Crippen LogP contribution in [-0.2, 0) is 4.79 Å². The van der Waals surface area contributed by atoms with E-state index in [0.29, 0.717) is 16.6 Å². The number of pyridine rings is 1. The zero-order valence-corrected chi connectivity index (χ0v) is 13.4. The van der Waals surface area contributed by atoms with Gasteiger partial charge in [-0.1, -0.05) is 17.7 Å². The van der Waals surface area contributed by atoms with E-state index in [-0.39, 0.29) is 5.91 Å². The number of hydrogen-bond acceptors (Lipinski definition) is 4. The van der Waals surface area contributed by atoms with Gasteiger partial charge in [0, 0.05) is 6.20 Å². The lowest BCUT2D eigenvalue weighted by atomic mass is 10.2. The number of anilines is 2. The van der Waals surface area contributed by atoms with Crippen molar-refractivity contribution in [3.05, 3.63) is 47.1 Å². The van der Waals surface area contributed by atoms with Crippen LogP contribution < -0.4 is 15.4 Å². The van der Waals surface area contributed by atoms with Gasteiger partial charge in [-0.25, -0.2) is 4.98 Å². The van der Waals surface area contributed by atoms with Crippen LogP contribution >= 0.6 is 11.6 Å². The summed E-state index contributed by atoms with van der Waals surface area (Å²) in [4.78, 5) is 16.2. The van der Waals surface area contributed by atoms with E-state index in [2.05, 4.69) is 15.6 Å². The van der Waals surface area contributed by atoms with E-state index in [0.717, 1.165) is 11.3 Å². The first-order valence-corrected chi connectivity index (χ1v) is 7.21. The fraction of sp³-hybridized carbons (Fsp3) is 0.250. The second kappa shape index (κ2) is 7.13. The molecule has 0 saturated heterocycles. The van der Waals surface area contributed by atoms with Crippen molar-refractivity contribution in [3.8, 4) is 5.75 Å². The summed E-state index contributed by atoms with van der Waals surface area (Å²) >= 11 is 5.76. The number of halogens is 1. The number of methoxy groups -OCH3 is 1. The van der Waals surface area contributed by atoms with Crippen LogP contribution in [0.1, 0.15) is 12.5 Å². The molecule has 0 bridgehead atoms. The smallest absolute Gasteiger partial charge is 0.247 e. The van der Waals surface area contributed by atoms with E-state index in [1.807, 2.05) is 25.1 Å². The van der Waals surface area contributed by atoms with E-state index in [9.17, 15) is 4.79 Å². The van der Waals surface area contributed by atoms with Crippen LogP contribution in [0, 0.1) is 6.92 Å². The van der Waals surface area contributed by atoms with E-state index in [1.165, 1.54) is 6.20 Å². The topological polar surface area (TPSA) is 63.2 Å². The third-order valence-electron chi connectivity index (χ3n) is 3.10. The van der Waals surface area contributed by atoms with Gasteiger partial charge in [-0.05, 0) is 43.7 Å². The monoisotopic (exact) mass is 319 g/mol. The Morgan fingerprint density at radius 2 is 2.09 bits per heavy atom. The molecule has 2 N–H and O–H groups in total. The van der Waals surface area contributed by atoms with E-state index in [1.54, 1.807) is 26.2 Å². The highest BCUT2D eigenvalue weighted by molar-refractivity contribution is 6.30. The molecule has 1 aromatic heterocycles. The summed E-state index contributed by atoms with van der Waals surface area (Å²) in [7, 11) is 1.60. The molecular formula is C16H18ClN3O2. The standard InChI is InChI=1S/C16H18ClN3O2/c1-10-4-6-14(22-3)13(8-10)19-11(2)16(21)20-15-7-5-12(17)9-18-15/h4-9,11,19H,1-3H3,(H,18,20,21)/t11-/m0/s1. The lowest BCUT2D eigenvalue weighted by Gasteiger charge is -2.17. The van der Waals surface area contributed by atoms with Crippen molar-refractivity contribution in [1.29, 1.82) is 0 Å². The number of ether oxygens (including phenoxy) is 1. The first-order chi connectivity index (χ1) is 10.5. The Kier molecular flexibility index (Phi) is 5.22. The molecule has 116 valence electrons. The maximum absolute atomic E-state index is 12.2. The van der Waals surface area contributed by atoms with Crippen LogP contribution in [0.4, 0.5) is 11.5 Å². The lowest BCUT2D eigenvalue weighted by molar-refractivity contribution is -0.116. The predicted molar refractivity (Wildman–Crippen MR) is 88.7 cm³/mol. The van der Waals surface area contributed by atoms with Gasteiger partial charge in [0.25, 0.3) is 0 Å². The van der Waals surface area contributed by atoms with Crippen LogP contribution in [0.5, 0.6) is 5.75 Å². The highest BCUT2D eigenvalue weighted by Gasteiger charge is 2.15. The van der Waals surface area contributed by atoms with Crippen LogP contribution in [0.3, 0.4) is 0 Å². The molecule has 1 atom stereocenters. The van der Waals surface area contributed by atoms with Gasteiger partial charge in [0.1, 0.15) is 17.6 Å². The van der Waals surface area contributed by atoms with Crippen molar-refractivity contribution in [2.45, 2.75) is 19.9 Å². The number of carbonyl (C=O) groups is 1. The van der Waals surface area contributed by atoms with Crippen LogP contribution in [0.15, 0.2) is 36.5 Å². The number of aromatic nitrogens is 1. The van der Waals surface area contributed by atoms with E-state index >= 15 is 0 Å². The Morgan fingerprint density at radius 1 is 1.32 bits per heavy atom. The van der Waals surface area contributed by atoms with Crippen LogP contribution in [0.2, 0.25) is 5.02 Å². The Morgan fingerprint density at radius 3 is 2.73 bits per heavy atom. The van der Waals surface area contributed by atoms with Gasteiger partial charge in [0.05, 0.1) is 17.8 Å². The minimum Gasteiger partial charge on any atom is -0.495 e. The number of carbonyl (C=O) groups excluding carboxylic acids is 1. The third kappa shape index (κ3) is 4.11. The SMILES string of the molecule is COc1ccc(C)cc1N[C@@H](C)C(=O)Nc1ccc(Cl)cn1. The van der Waals surface area contributed by atoms with Gasteiger partial charge >= 0.3 is 0 Å². The zero-order valence-electron chi connectivity index (χ0n) is 12.7. The first-order valence-electron chi connectivity index (χ1n) is 6.83. The molecular weight excluding hydrogens is 302 g/mol. The number of benzene rings is 1. The summed E-state index contributed by atoms with van der Waals surface area (Å²) in [6, 6.07) is 8.62. The summed E-state index contributed by atoms with van der Waals surface area (Å²) in [5.41, 5.74) is 1.85. The molecule has 0 saturated carbocycles. The molecule has 22 heavy (non-hydrogen) atoms. The highest BCUT2D eigenvalue weighted by atomic mass is 35.5. The summed E-state index contributed by atoms with van der Waals surface area (Å²) in [6.07, 6.45) is 1.48. The molecule has 2 rings (SSSR count). The lowest BCUT2D eigenvalue weighted by Crippen LogP contribution is -2.32. The maximum atomic E-state index is 12.2. The highest BCUT2D eigenvalue weighted by Crippen LogP contribution is 2.26. The molecule has 1 heterocycles. The predicted octanol–water partition coefficient (Wildman–Crippen LogP) is 3.49. The Balaban J connectivity index is 2.05. The van der Waals surface area contributed by atoms with E-state index in [4.69, 9.17) is 16.3 Å². The number of aryl methyl sites for hydroxylation is 1. The molecule has 2 aromatic rings. The Labute approximate surface area is 134 Å². The minimum atomic E-state index is -0.451. The number of hydrogen-bond donors (Lipinski definition) is 2. The second-order valence-corrected chi connectivity index (χ2v) is 5.36. The minimum absolute atomic E-state index is 0.196. The summed E-state index contributed by atoms with van der Waals surface area (Å²) < 4.78 is 5.29. The maximum Gasteiger partial charge on any atom is 0.247 e. The largest absolute Gasteiger partial charge is 0.495 e. The fourth-order valence-electron chi connectivity index (χ4n) is 1.92. The first kappa shape index (κ1) is 16.1. The van der Waals surface area contributed by atoms with Gasteiger partial charge < -0.3 is 15.4 Å². The molecule has 0 unspecified atom stereocenters. The molecule has 0 aliphatic rings. The normalized spacial score (nSPS) is 11.6. The molecule has 0 radical (unpaired) electrons. The Bertz CT molecular complexity index is 659. The van der Waals surface area contributed by atoms with Gasteiger partial charge in [0.2, 0.25) is 5.91 Å². The molecule has 0 aliphatic heterocycles. The van der Waals surface area contributed by atoms with Crippen LogP contribution in [0.25, 0.3) is 0 Å². The number of nitrogens with one attached hydrogen (secondary N) is 2. The zero-order chi connectivity index (χ0) is 16.1. The average molecular weight is 320 g/mol. The number of nitrogens with zero attached hydrogens (tertiary/aromatic N) is 1. The van der Waals surface area contributed by atoms with Gasteiger partial charge in [0.15, 0.2) is 0 Å². The van der Waals surface area contributed by atoms with Crippen molar-refractivity contribution < 1.29 is 9.53 Å². The number of amides is 1. The van der Waals surface area contributed by atoms with Crippen molar-refractivity contribution in [1.82, 2.24) is 4.98 Å². The van der Waals surface area contributed by atoms with Crippen molar-refractivity contribution in [2.75, 3.05) is 17.7 Å². The van der Waals surface area contributed by atoms with Crippen molar-refractivity contribution in [3.63, 3.8) is 0 Å². The molecule has 0 aliphatic carbocycles. The van der Waals surface area contributed by atoms with Gasteiger partial charge in [-0.2, -0.15) is 0 Å².